The second kappa shape index (κ2) is 6.12. The number of nitrogens with one attached hydrogen (secondary N) is 1. The molecule has 3 rings (SSSR count). The maximum absolute atomic E-state index is 12.7. The number of carbonyl (C=O) groups is 2. The standard InChI is InChI=1S/C19H19NO5/c1-19(2)10-12-6-4-8-14(16(12)25-19)17(22)20-15(18(23)24)11-5-3-7-13(21)9-11/h3-9,15,21H,10H2,1-2H3,(H,20,22)(H,23,24). The number of hydrogen-bond acceptors (Lipinski definition) is 4. The summed E-state index contributed by atoms with van der Waals surface area (Å²) < 4.78 is 5.87. The molecule has 6 nitrogen and oxygen atoms in total. The van der Waals surface area contributed by atoms with Crippen LogP contribution in [-0.2, 0) is 11.2 Å². The van der Waals surface area contributed by atoms with Gasteiger partial charge in [0, 0.05) is 6.42 Å². The van der Waals surface area contributed by atoms with E-state index in [0.29, 0.717) is 17.7 Å². The zero-order chi connectivity index (χ0) is 18.2. The number of amides is 1. The van der Waals surface area contributed by atoms with Crippen LogP contribution < -0.4 is 10.1 Å². The van der Waals surface area contributed by atoms with Crippen molar-refractivity contribution >= 4 is 11.9 Å². The van der Waals surface area contributed by atoms with Crippen LogP contribution in [-0.4, -0.2) is 27.7 Å². The Labute approximate surface area is 145 Å². The van der Waals surface area contributed by atoms with Crippen LogP contribution in [0, 0.1) is 0 Å². The fourth-order valence-electron chi connectivity index (χ4n) is 3.00. The molecule has 130 valence electrons. The number of carboxylic acid groups (broad SMARTS) is 1. The second-order valence-electron chi connectivity index (χ2n) is 6.67. The average Bonchev–Trinajstić information content (AvgIpc) is 2.85. The van der Waals surface area contributed by atoms with E-state index in [-0.39, 0.29) is 11.3 Å². The first-order valence-electron chi connectivity index (χ1n) is 7.90. The molecule has 0 bridgehead atoms. The van der Waals surface area contributed by atoms with Gasteiger partial charge in [-0.3, -0.25) is 4.79 Å². The molecule has 6 heteroatoms. The highest BCUT2D eigenvalue weighted by Crippen LogP contribution is 2.37. The third-order valence-corrected chi connectivity index (χ3v) is 4.06. The fourth-order valence-corrected chi connectivity index (χ4v) is 3.00. The predicted molar refractivity (Wildman–Crippen MR) is 90.8 cm³/mol. The molecule has 0 saturated heterocycles. The van der Waals surface area contributed by atoms with Crippen molar-refractivity contribution in [1.82, 2.24) is 5.32 Å². The van der Waals surface area contributed by atoms with Crippen molar-refractivity contribution in [2.45, 2.75) is 31.9 Å². The molecule has 3 N–H and O–H groups in total. The molecule has 0 aromatic heterocycles. The monoisotopic (exact) mass is 341 g/mol. The molecule has 1 atom stereocenters. The number of carboxylic acids is 1. The quantitative estimate of drug-likeness (QED) is 0.794. The summed E-state index contributed by atoms with van der Waals surface area (Å²) in [5.41, 5.74) is 1.10. The number of fused-ring (bicyclic) bond motifs is 1. The molecule has 1 unspecified atom stereocenters. The Balaban J connectivity index is 1.89. The second-order valence-corrected chi connectivity index (χ2v) is 6.67. The summed E-state index contributed by atoms with van der Waals surface area (Å²) in [7, 11) is 0. The Morgan fingerprint density at radius 3 is 2.60 bits per heavy atom. The molecular weight excluding hydrogens is 322 g/mol. The van der Waals surface area contributed by atoms with Gasteiger partial charge in [-0.15, -0.1) is 0 Å². The van der Waals surface area contributed by atoms with Crippen molar-refractivity contribution in [2.75, 3.05) is 0 Å². The summed E-state index contributed by atoms with van der Waals surface area (Å²) in [6.07, 6.45) is 0.679. The average molecular weight is 341 g/mol. The first-order chi connectivity index (χ1) is 11.8. The largest absolute Gasteiger partial charge is 0.508 e. The number of aliphatic carboxylic acids is 1. The number of ether oxygens (including phenoxy) is 1. The fraction of sp³-hybridized carbons (Fsp3) is 0.263. The van der Waals surface area contributed by atoms with Gasteiger partial charge in [0.2, 0.25) is 0 Å². The Kier molecular flexibility index (Phi) is 4.12. The number of phenols is 1. The van der Waals surface area contributed by atoms with Crippen molar-refractivity contribution in [2.24, 2.45) is 0 Å². The summed E-state index contributed by atoms with van der Waals surface area (Å²) in [5.74, 6) is -1.33. The summed E-state index contributed by atoms with van der Waals surface area (Å²) in [6.45, 7) is 3.86. The van der Waals surface area contributed by atoms with Crippen molar-refractivity contribution in [3.63, 3.8) is 0 Å². The van der Waals surface area contributed by atoms with Gasteiger partial charge in [0.25, 0.3) is 5.91 Å². The maximum Gasteiger partial charge on any atom is 0.330 e. The summed E-state index contributed by atoms with van der Waals surface area (Å²) in [4.78, 5) is 24.3. The van der Waals surface area contributed by atoms with E-state index in [2.05, 4.69) is 5.32 Å². The first kappa shape index (κ1) is 16.8. The zero-order valence-corrected chi connectivity index (χ0v) is 13.9. The maximum atomic E-state index is 12.7. The minimum absolute atomic E-state index is 0.0660. The van der Waals surface area contributed by atoms with Gasteiger partial charge in [-0.25, -0.2) is 4.79 Å². The number of benzene rings is 2. The molecule has 0 radical (unpaired) electrons. The van der Waals surface area contributed by atoms with E-state index in [4.69, 9.17) is 4.74 Å². The van der Waals surface area contributed by atoms with Crippen LogP contribution in [0.1, 0.15) is 41.4 Å². The third-order valence-electron chi connectivity index (χ3n) is 4.06. The highest BCUT2D eigenvalue weighted by atomic mass is 16.5. The van der Waals surface area contributed by atoms with E-state index in [1.54, 1.807) is 12.1 Å². The smallest absolute Gasteiger partial charge is 0.330 e. The lowest BCUT2D eigenvalue weighted by Gasteiger charge is -2.19. The molecule has 2 aromatic carbocycles. The molecular formula is C19H19NO5. The van der Waals surface area contributed by atoms with Crippen LogP contribution >= 0.6 is 0 Å². The normalized spacial score (nSPS) is 15.8. The van der Waals surface area contributed by atoms with Gasteiger partial charge in [0.1, 0.15) is 17.1 Å². The van der Waals surface area contributed by atoms with Crippen molar-refractivity contribution in [1.29, 1.82) is 0 Å². The summed E-state index contributed by atoms with van der Waals surface area (Å²) in [6, 6.07) is 9.79. The van der Waals surface area contributed by atoms with Crippen LogP contribution in [0.4, 0.5) is 0 Å². The minimum atomic E-state index is -1.27. The SMILES string of the molecule is CC1(C)Cc2cccc(C(=O)NC(C(=O)O)c3cccc(O)c3)c2O1. The van der Waals surface area contributed by atoms with Gasteiger partial charge in [-0.05, 0) is 43.2 Å². The van der Waals surface area contributed by atoms with Gasteiger partial charge in [0.15, 0.2) is 6.04 Å². The topological polar surface area (TPSA) is 95.9 Å². The Bertz CT molecular complexity index is 843. The number of para-hydroxylation sites is 1. The van der Waals surface area contributed by atoms with Gasteiger partial charge < -0.3 is 20.3 Å². The van der Waals surface area contributed by atoms with E-state index in [9.17, 15) is 19.8 Å². The molecule has 1 heterocycles. The molecule has 0 fully saturated rings. The minimum Gasteiger partial charge on any atom is -0.508 e. The van der Waals surface area contributed by atoms with Gasteiger partial charge >= 0.3 is 5.97 Å². The highest BCUT2D eigenvalue weighted by molar-refractivity contribution is 5.99. The van der Waals surface area contributed by atoms with Crippen LogP contribution in [0.3, 0.4) is 0 Å². The highest BCUT2D eigenvalue weighted by Gasteiger charge is 2.34. The Morgan fingerprint density at radius 1 is 1.20 bits per heavy atom. The van der Waals surface area contributed by atoms with Crippen LogP contribution in [0.25, 0.3) is 0 Å². The third kappa shape index (κ3) is 3.42. The zero-order valence-electron chi connectivity index (χ0n) is 13.9. The van der Waals surface area contributed by atoms with E-state index in [0.717, 1.165) is 5.56 Å². The lowest BCUT2D eigenvalue weighted by molar-refractivity contribution is -0.139. The molecule has 25 heavy (non-hydrogen) atoms. The molecule has 1 aliphatic heterocycles. The molecule has 0 saturated carbocycles. The predicted octanol–water partition coefficient (Wildman–Crippen LogP) is 2.66. The molecule has 0 spiro atoms. The van der Waals surface area contributed by atoms with Gasteiger partial charge in [-0.2, -0.15) is 0 Å². The van der Waals surface area contributed by atoms with Gasteiger partial charge in [-0.1, -0.05) is 24.3 Å². The van der Waals surface area contributed by atoms with Crippen molar-refractivity contribution < 1.29 is 24.5 Å². The van der Waals surface area contributed by atoms with Gasteiger partial charge in [0.05, 0.1) is 5.56 Å². The van der Waals surface area contributed by atoms with Crippen LogP contribution in [0.2, 0.25) is 0 Å². The Morgan fingerprint density at radius 2 is 1.92 bits per heavy atom. The van der Waals surface area contributed by atoms with E-state index < -0.39 is 23.5 Å². The Hall–Kier alpha value is -3.02. The molecule has 1 aliphatic rings. The number of hydrogen-bond donors (Lipinski definition) is 3. The molecule has 2 aromatic rings. The van der Waals surface area contributed by atoms with Crippen LogP contribution in [0.5, 0.6) is 11.5 Å². The summed E-state index contributed by atoms with van der Waals surface area (Å²) >= 11 is 0. The lowest BCUT2D eigenvalue weighted by atomic mass is 10.00. The van der Waals surface area contributed by atoms with E-state index >= 15 is 0 Å². The molecule has 1 amide bonds. The number of phenolic OH excluding ortho intramolecular Hbond substituents is 1. The number of aromatic hydroxyl groups is 1. The number of rotatable bonds is 4. The van der Waals surface area contributed by atoms with Crippen LogP contribution in [0.15, 0.2) is 42.5 Å². The first-order valence-corrected chi connectivity index (χ1v) is 7.90. The van der Waals surface area contributed by atoms with E-state index in [1.807, 2.05) is 19.9 Å². The molecule has 0 aliphatic carbocycles. The number of carbonyl (C=O) groups excluding carboxylic acids is 1. The van der Waals surface area contributed by atoms with Crippen molar-refractivity contribution in [3.05, 3.63) is 59.2 Å². The lowest BCUT2D eigenvalue weighted by Crippen LogP contribution is -2.34. The van der Waals surface area contributed by atoms with E-state index in [1.165, 1.54) is 24.3 Å². The van der Waals surface area contributed by atoms with Crippen molar-refractivity contribution in [3.8, 4) is 11.5 Å². The summed E-state index contributed by atoms with van der Waals surface area (Å²) in [5, 5.41) is 21.5.